The molecule has 12 aromatic rings. The lowest BCUT2D eigenvalue weighted by Gasteiger charge is -2.16. The Balaban J connectivity index is 0.000000240. The Morgan fingerprint density at radius 1 is 0.257 bits per heavy atom. The molecule has 0 fully saturated rings. The Morgan fingerprint density at radius 2 is 0.486 bits per heavy atom. The first-order chi connectivity index (χ1) is 70.8. The van der Waals surface area contributed by atoms with E-state index >= 15 is 0 Å². The molecule has 0 bridgehead atoms. The number of aromatic hydroxyl groups is 13. The molecule has 780 valence electrons. The highest BCUT2D eigenvalue weighted by Gasteiger charge is 2.24. The molecule has 0 amide bonds. The third kappa shape index (κ3) is 36.6. The number of carbonyl (C=O) groups is 6. The molecule has 12 aromatic carbocycles. The first-order valence-electron chi connectivity index (χ1n) is 48.7. The number of phenols is 13. The van der Waals surface area contributed by atoms with Crippen molar-refractivity contribution >= 4 is 103 Å². The number of anilines is 6. The number of phenolic OH excluding ortho intramolecular Hbond substituents is 13. The van der Waals surface area contributed by atoms with Crippen LogP contribution in [0.15, 0.2) is 279 Å². The zero-order valence-electron chi connectivity index (χ0n) is 86.5. The van der Waals surface area contributed by atoms with E-state index < -0.39 is 0 Å². The van der Waals surface area contributed by atoms with Gasteiger partial charge in [-0.05, 0) is 246 Å². The fourth-order valence-electron chi connectivity index (χ4n) is 14.5. The minimum absolute atomic E-state index is 0.00251. The van der Waals surface area contributed by atoms with Crippen molar-refractivity contribution < 1.29 is 95.2 Å². The van der Waals surface area contributed by atoms with Gasteiger partial charge in [0.15, 0.2) is 34.7 Å². The molecule has 3 atom stereocenters. The number of ketones is 6. The van der Waals surface area contributed by atoms with E-state index in [4.69, 9.17) is 0 Å². The Morgan fingerprint density at radius 3 is 0.770 bits per heavy atom. The summed E-state index contributed by atoms with van der Waals surface area (Å²) in [5, 5.41) is 147. The average Bonchev–Trinajstić information content (AvgIpc) is 0.835. The van der Waals surface area contributed by atoms with E-state index in [0.717, 1.165) is 28.4 Å². The quantitative estimate of drug-likeness (QED) is 0.0158. The van der Waals surface area contributed by atoms with Gasteiger partial charge in [-0.3, -0.25) is 58.7 Å². The molecule has 31 heteroatoms. The van der Waals surface area contributed by atoms with E-state index in [-0.39, 0.29) is 186 Å². The average molecular weight is 2020 g/mol. The van der Waals surface area contributed by atoms with Crippen LogP contribution in [0.5, 0.6) is 74.7 Å². The predicted molar refractivity (Wildman–Crippen MR) is 592 cm³/mol. The summed E-state index contributed by atoms with van der Waals surface area (Å²) in [5.74, 6) is 0.0151. The summed E-state index contributed by atoms with van der Waals surface area (Å²) in [6.45, 7) is 27.2. The van der Waals surface area contributed by atoms with E-state index in [9.17, 15) is 95.2 Å². The minimum atomic E-state index is -0.362. The Labute approximate surface area is 864 Å². The van der Waals surface area contributed by atoms with Crippen LogP contribution in [0.2, 0.25) is 0 Å². The lowest BCUT2D eigenvalue weighted by Crippen LogP contribution is -2.31. The normalized spacial score (nSPS) is 12.0. The van der Waals surface area contributed by atoms with E-state index in [2.05, 4.69) is 61.9 Å². The van der Waals surface area contributed by atoms with Crippen molar-refractivity contribution in [2.75, 3.05) is 90.8 Å². The van der Waals surface area contributed by atoms with Crippen LogP contribution in [0.1, 0.15) is 168 Å². The topological polar surface area (TPSA) is 512 Å². The number of benzene rings is 12. The van der Waals surface area contributed by atoms with Gasteiger partial charge in [-0.15, -0.1) is 0 Å². The standard InChI is InChI=1S/C21H26N2O3.2C20H24N2O3.C19H22N2O4.C19H22N2O3.C18H20N2O3/c1-4-17(16-11-12-19(24)14(3)21(16)26)22-13-20(25)18(5-2)23-15-9-7-6-8-10-15;1-4-17(16-10-11-18(23)13(2)20(16)25)21-12-19(24)14(3)22-15-8-6-5-7-9-15;1-4-17(22-15-8-6-5-7-9-15)19(24)12-21-14(3)16-10-11-18(23)13(2)20(16)25;1-3-17(16-7-8-18(24)12(2)19(16)25)21-11-15(23)10-20-13-5-4-6-14(22)9-13;1-3-17(16-9-10-18(23)13(2)19(16)24)21-12-15(22)11-20-14-7-5-4-6-8-14;1-12-17(22)9-8-16(18(12)23)13(2)19-10-15(21)11-20-14-6-4-3-5-7-14/h6-12,18,23-24,26H,4-5,13H2,1-3H3;5-11,14,22-23,25H,4,12H2,1-3H3;5-11,17,22-23,25H,4,12H2,1-3H3;4-9,20,22,24-25H,3,10-11H2,1-2H3;4-10,20,23-24H,3,11-12H2,1-2H3;3-9,20,22-23H,10-11H2,1-2H3. The molecule has 0 aliphatic rings. The smallest absolute Gasteiger partial charge is 0.176 e. The lowest BCUT2D eigenvalue weighted by atomic mass is 10.0. The highest BCUT2D eigenvalue weighted by atomic mass is 16.3. The van der Waals surface area contributed by atoms with Crippen molar-refractivity contribution in [3.8, 4) is 74.7 Å². The second-order valence-corrected chi connectivity index (χ2v) is 34.4. The molecule has 3 unspecified atom stereocenters. The summed E-state index contributed by atoms with van der Waals surface area (Å²) in [6.07, 6.45) is 3.60. The van der Waals surface area contributed by atoms with Gasteiger partial charge in [-0.1, -0.05) is 139 Å². The summed E-state index contributed by atoms with van der Waals surface area (Å²) in [7, 11) is 0. The third-order valence-electron chi connectivity index (χ3n) is 23.8. The zero-order chi connectivity index (χ0) is 109. The Hall–Kier alpha value is -17.1. The van der Waals surface area contributed by atoms with Gasteiger partial charge in [-0.25, -0.2) is 0 Å². The maximum atomic E-state index is 12.6. The Bertz CT molecular complexity index is 6640. The van der Waals surface area contributed by atoms with Gasteiger partial charge in [0, 0.05) is 141 Å². The second-order valence-electron chi connectivity index (χ2n) is 34.4. The molecule has 0 saturated carbocycles. The van der Waals surface area contributed by atoms with Crippen LogP contribution in [-0.4, -0.2) is 212 Å². The summed E-state index contributed by atoms with van der Waals surface area (Å²) < 4.78 is 0. The maximum absolute atomic E-state index is 12.6. The number of hydrogen-bond acceptors (Lipinski definition) is 31. The molecular formula is C117H138N12O19. The van der Waals surface area contributed by atoms with Gasteiger partial charge in [0.2, 0.25) is 0 Å². The number of aliphatic imine (C=N–C) groups is 6. The maximum Gasteiger partial charge on any atom is 0.176 e. The van der Waals surface area contributed by atoms with Gasteiger partial charge < -0.3 is 98.3 Å². The van der Waals surface area contributed by atoms with Gasteiger partial charge >= 0.3 is 0 Å². The van der Waals surface area contributed by atoms with Gasteiger partial charge in [0.25, 0.3) is 0 Å². The fraction of sp³-hybridized carbons (Fsp3) is 0.282. The lowest BCUT2D eigenvalue weighted by molar-refractivity contribution is -0.119. The molecule has 12 rings (SSSR count). The molecule has 0 heterocycles. The van der Waals surface area contributed by atoms with Crippen LogP contribution in [0.25, 0.3) is 0 Å². The van der Waals surface area contributed by atoms with Crippen LogP contribution in [0.3, 0.4) is 0 Å². The number of nitrogens with zero attached hydrogens (tertiary/aromatic N) is 6. The number of Topliss-reactive ketones (excluding diaryl/α,β-unsaturated/α-hetero) is 6. The zero-order valence-corrected chi connectivity index (χ0v) is 86.5. The largest absolute Gasteiger partial charge is 0.508 e. The molecule has 0 aliphatic carbocycles. The van der Waals surface area contributed by atoms with E-state index in [1.807, 2.05) is 193 Å². The molecule has 0 saturated heterocycles. The highest BCUT2D eigenvalue weighted by molar-refractivity contribution is 6.08. The summed E-state index contributed by atoms with van der Waals surface area (Å²) in [5.41, 5.74) is 14.4. The first kappa shape index (κ1) is 118. The molecule has 0 radical (unpaired) electrons. The molecule has 148 heavy (non-hydrogen) atoms. The third-order valence-corrected chi connectivity index (χ3v) is 23.8. The van der Waals surface area contributed by atoms with Gasteiger partial charge in [-0.2, -0.15) is 0 Å². The van der Waals surface area contributed by atoms with Crippen molar-refractivity contribution in [1.82, 2.24) is 0 Å². The molecular weight excluding hydrogens is 1880 g/mol. The van der Waals surface area contributed by atoms with E-state index in [0.29, 0.717) is 145 Å². The van der Waals surface area contributed by atoms with Crippen LogP contribution < -0.4 is 31.9 Å². The minimum Gasteiger partial charge on any atom is -0.508 e. The molecule has 31 nitrogen and oxygen atoms in total. The van der Waals surface area contributed by atoms with Crippen LogP contribution in [-0.2, 0) is 28.8 Å². The summed E-state index contributed by atoms with van der Waals surface area (Å²) in [4.78, 5) is 99.3. The van der Waals surface area contributed by atoms with E-state index in [1.165, 1.54) is 42.5 Å². The number of para-hydroxylation sites is 5. The number of rotatable bonds is 42. The van der Waals surface area contributed by atoms with Gasteiger partial charge in [0.1, 0.15) is 81.3 Å². The van der Waals surface area contributed by atoms with Crippen molar-refractivity contribution in [3.63, 3.8) is 0 Å². The number of hydrogen-bond donors (Lipinski definition) is 19. The van der Waals surface area contributed by atoms with Crippen molar-refractivity contribution in [2.45, 2.75) is 161 Å². The predicted octanol–water partition coefficient (Wildman–Crippen LogP) is 20.6. The first-order valence-corrected chi connectivity index (χ1v) is 48.7. The molecule has 0 spiro atoms. The number of nitrogens with one attached hydrogen (secondary N) is 6. The molecule has 19 N–H and O–H groups in total. The number of carbonyl (C=O) groups excluding carboxylic acids is 6. The highest BCUT2D eigenvalue weighted by Crippen LogP contribution is 2.37. The SMILES string of the molecule is CC(=NCC(=O)CNc1ccccc1)c1ccc(O)c(C)c1O.CCC(=NCC(=O)C(C)Nc1ccccc1)c1ccc(O)c(C)c1O.CCC(=NCC(=O)C(CC)Nc1ccccc1)c1ccc(O)c(C)c1O.CCC(=NCC(=O)CNc1cccc(O)c1)c1ccc(O)c(C)c1O.CCC(=NCC(=O)CNc1ccccc1)c1ccc(O)c(C)c1O.CCC(Nc1ccccc1)C(=O)CN=C(C)c1ccc(O)c(C)c1O. The van der Waals surface area contributed by atoms with Crippen molar-refractivity contribution in [1.29, 1.82) is 0 Å². The molecule has 0 aromatic heterocycles. The van der Waals surface area contributed by atoms with Crippen LogP contribution in [0, 0.1) is 41.5 Å². The van der Waals surface area contributed by atoms with Gasteiger partial charge in [0.05, 0.1) is 70.5 Å². The van der Waals surface area contributed by atoms with Crippen molar-refractivity contribution in [2.24, 2.45) is 30.0 Å². The monoisotopic (exact) mass is 2020 g/mol. The fourth-order valence-corrected chi connectivity index (χ4v) is 14.5. The van der Waals surface area contributed by atoms with Crippen LogP contribution in [0.4, 0.5) is 34.1 Å². The van der Waals surface area contributed by atoms with Crippen molar-refractivity contribution in [3.05, 3.63) is 315 Å². The van der Waals surface area contributed by atoms with Crippen LogP contribution >= 0.6 is 0 Å². The summed E-state index contributed by atoms with van der Waals surface area (Å²) in [6, 6.07) is 72.0. The van der Waals surface area contributed by atoms with E-state index in [1.54, 1.807) is 117 Å². The summed E-state index contributed by atoms with van der Waals surface area (Å²) >= 11 is 0. The second kappa shape index (κ2) is 60.5. The molecule has 0 aliphatic heterocycles. The Kier molecular flexibility index (Phi) is 48.1.